The van der Waals surface area contributed by atoms with Crippen molar-refractivity contribution in [3.05, 3.63) is 63.5 Å². The zero-order valence-electron chi connectivity index (χ0n) is 12.0. The highest BCUT2D eigenvalue weighted by molar-refractivity contribution is 7.15. The van der Waals surface area contributed by atoms with Crippen LogP contribution in [0.3, 0.4) is 0 Å². The molecule has 0 fully saturated rings. The van der Waals surface area contributed by atoms with Crippen LogP contribution in [0.25, 0.3) is 21.6 Å². The summed E-state index contributed by atoms with van der Waals surface area (Å²) in [5.41, 5.74) is 7.13. The van der Waals surface area contributed by atoms with E-state index in [9.17, 15) is 4.79 Å². The van der Waals surface area contributed by atoms with Crippen LogP contribution in [-0.2, 0) is 6.42 Å². The van der Waals surface area contributed by atoms with Crippen molar-refractivity contribution in [1.82, 2.24) is 19.9 Å². The smallest absolute Gasteiger partial charge is 0.278 e. The number of thiophene rings is 1. The number of rotatable bonds is 3. The first-order chi connectivity index (χ1) is 11.2. The average Bonchev–Trinajstić information content (AvgIpc) is 3.15. The molecule has 6 nitrogen and oxygen atoms in total. The quantitative estimate of drug-likeness (QED) is 0.539. The molecular formula is C16H13N5OS. The van der Waals surface area contributed by atoms with Crippen molar-refractivity contribution in [3.8, 4) is 10.4 Å². The van der Waals surface area contributed by atoms with E-state index in [1.54, 1.807) is 11.3 Å². The molecule has 23 heavy (non-hydrogen) atoms. The van der Waals surface area contributed by atoms with Crippen LogP contribution in [0.1, 0.15) is 10.7 Å². The second kappa shape index (κ2) is 5.36. The number of nitrogen functional groups attached to an aromatic ring is 1. The van der Waals surface area contributed by atoms with Crippen LogP contribution in [0.5, 0.6) is 0 Å². The fourth-order valence-electron chi connectivity index (χ4n) is 2.45. The van der Waals surface area contributed by atoms with E-state index in [0.717, 1.165) is 4.88 Å². The Kier molecular flexibility index (Phi) is 3.20. The molecule has 0 aliphatic heterocycles. The summed E-state index contributed by atoms with van der Waals surface area (Å²) in [5, 5.41) is 0. The molecule has 0 bridgehead atoms. The summed E-state index contributed by atoms with van der Waals surface area (Å²) >= 11 is 1.71. The van der Waals surface area contributed by atoms with Crippen LogP contribution >= 0.6 is 11.3 Å². The minimum atomic E-state index is -0.303. The minimum Gasteiger partial charge on any atom is -0.369 e. The Bertz CT molecular complexity index is 1030. The SMILES string of the molecule is Nc1nc2nc(Cc3ccc(-c4ccccc4)s3)[nH]c2c(=O)[nH]1. The zero-order chi connectivity index (χ0) is 15.8. The summed E-state index contributed by atoms with van der Waals surface area (Å²) < 4.78 is 0. The van der Waals surface area contributed by atoms with Crippen LogP contribution in [0.2, 0.25) is 0 Å². The Balaban J connectivity index is 1.65. The van der Waals surface area contributed by atoms with Gasteiger partial charge in [-0.25, -0.2) is 4.98 Å². The van der Waals surface area contributed by atoms with Crippen molar-refractivity contribution in [1.29, 1.82) is 0 Å². The standard InChI is InChI=1S/C16H13N5OS/c17-16-20-14-13(15(22)21-16)18-12(19-14)8-10-6-7-11(23-10)9-4-2-1-3-5-9/h1-7H,8H2,(H4,17,18,19,20,21,22). The number of nitrogens with two attached hydrogens (primary N) is 1. The fraction of sp³-hybridized carbons (Fsp3) is 0.0625. The molecular weight excluding hydrogens is 310 g/mol. The molecule has 4 rings (SSSR count). The summed E-state index contributed by atoms with van der Waals surface area (Å²) in [7, 11) is 0. The molecule has 4 N–H and O–H groups in total. The lowest BCUT2D eigenvalue weighted by atomic mass is 10.2. The lowest BCUT2D eigenvalue weighted by Crippen LogP contribution is -2.10. The number of benzene rings is 1. The molecule has 0 aliphatic rings. The lowest BCUT2D eigenvalue weighted by molar-refractivity contribution is 1.05. The number of nitrogens with zero attached hydrogens (tertiary/aromatic N) is 2. The van der Waals surface area contributed by atoms with E-state index in [0.29, 0.717) is 23.4 Å². The maximum Gasteiger partial charge on any atom is 0.278 e. The first kappa shape index (κ1) is 13.7. The Morgan fingerprint density at radius 2 is 1.87 bits per heavy atom. The summed E-state index contributed by atoms with van der Waals surface area (Å²) in [6.45, 7) is 0. The third-order valence-corrected chi connectivity index (χ3v) is 4.62. The summed E-state index contributed by atoms with van der Waals surface area (Å²) in [4.78, 5) is 28.0. The Morgan fingerprint density at radius 3 is 2.70 bits per heavy atom. The van der Waals surface area contributed by atoms with Gasteiger partial charge in [0.05, 0.1) is 0 Å². The minimum absolute atomic E-state index is 0.0723. The second-order valence-electron chi connectivity index (χ2n) is 5.14. The van der Waals surface area contributed by atoms with Gasteiger partial charge in [-0.1, -0.05) is 30.3 Å². The molecule has 0 spiro atoms. The summed E-state index contributed by atoms with van der Waals surface area (Å²) in [6.07, 6.45) is 0.618. The number of H-pyrrole nitrogens is 2. The van der Waals surface area contributed by atoms with Gasteiger partial charge in [0.1, 0.15) is 5.82 Å². The molecule has 0 amide bonds. The third kappa shape index (κ3) is 2.62. The van der Waals surface area contributed by atoms with Gasteiger partial charge in [0, 0.05) is 16.2 Å². The van der Waals surface area contributed by atoms with E-state index in [1.807, 2.05) is 18.2 Å². The van der Waals surface area contributed by atoms with Gasteiger partial charge in [-0.2, -0.15) is 4.98 Å². The number of nitrogens with one attached hydrogen (secondary N) is 2. The number of fused-ring (bicyclic) bond motifs is 1. The second-order valence-corrected chi connectivity index (χ2v) is 6.31. The third-order valence-electron chi connectivity index (χ3n) is 3.49. The van der Waals surface area contributed by atoms with Crippen molar-refractivity contribution >= 4 is 28.4 Å². The summed E-state index contributed by atoms with van der Waals surface area (Å²) in [5.74, 6) is 0.771. The van der Waals surface area contributed by atoms with E-state index < -0.39 is 0 Å². The molecule has 0 radical (unpaired) electrons. The Morgan fingerprint density at radius 1 is 1.04 bits per heavy atom. The normalized spacial score (nSPS) is 11.1. The van der Waals surface area contributed by atoms with Crippen LogP contribution in [0.4, 0.5) is 5.95 Å². The molecule has 0 atom stereocenters. The van der Waals surface area contributed by atoms with E-state index in [1.165, 1.54) is 10.4 Å². The van der Waals surface area contributed by atoms with Crippen LogP contribution in [0.15, 0.2) is 47.3 Å². The van der Waals surface area contributed by atoms with Crippen molar-refractivity contribution < 1.29 is 0 Å². The molecule has 114 valence electrons. The van der Waals surface area contributed by atoms with E-state index in [2.05, 4.69) is 44.2 Å². The summed E-state index contributed by atoms with van der Waals surface area (Å²) in [6, 6.07) is 14.4. The molecule has 3 aromatic heterocycles. The first-order valence-electron chi connectivity index (χ1n) is 7.07. The van der Waals surface area contributed by atoms with E-state index in [4.69, 9.17) is 5.73 Å². The van der Waals surface area contributed by atoms with Gasteiger partial charge in [0.25, 0.3) is 5.56 Å². The van der Waals surface area contributed by atoms with E-state index in [-0.39, 0.29) is 11.5 Å². The number of anilines is 1. The van der Waals surface area contributed by atoms with Crippen LogP contribution in [0, 0.1) is 0 Å². The molecule has 7 heteroatoms. The van der Waals surface area contributed by atoms with Gasteiger partial charge in [-0.05, 0) is 17.7 Å². The average molecular weight is 323 g/mol. The topological polar surface area (TPSA) is 100 Å². The highest BCUT2D eigenvalue weighted by atomic mass is 32.1. The maximum atomic E-state index is 11.8. The van der Waals surface area contributed by atoms with Gasteiger partial charge in [0.15, 0.2) is 11.2 Å². The number of imidazole rings is 1. The molecule has 0 aliphatic carbocycles. The van der Waals surface area contributed by atoms with Gasteiger partial charge < -0.3 is 10.7 Å². The highest BCUT2D eigenvalue weighted by Crippen LogP contribution is 2.28. The number of hydrogen-bond acceptors (Lipinski definition) is 5. The molecule has 1 aromatic carbocycles. The van der Waals surface area contributed by atoms with E-state index >= 15 is 0 Å². The fourth-order valence-corrected chi connectivity index (χ4v) is 3.47. The number of hydrogen-bond donors (Lipinski definition) is 3. The predicted molar refractivity (Wildman–Crippen MR) is 91.5 cm³/mol. The van der Waals surface area contributed by atoms with Crippen molar-refractivity contribution in [2.75, 3.05) is 5.73 Å². The predicted octanol–water partition coefficient (Wildman–Crippen LogP) is 2.55. The Hall–Kier alpha value is -2.93. The zero-order valence-corrected chi connectivity index (χ0v) is 12.9. The molecule has 0 unspecified atom stereocenters. The monoisotopic (exact) mass is 323 g/mol. The van der Waals surface area contributed by atoms with Crippen LogP contribution < -0.4 is 11.3 Å². The molecule has 3 heterocycles. The van der Waals surface area contributed by atoms with Crippen molar-refractivity contribution in [2.24, 2.45) is 0 Å². The number of aromatic amines is 2. The maximum absolute atomic E-state index is 11.8. The molecule has 4 aromatic rings. The highest BCUT2D eigenvalue weighted by Gasteiger charge is 2.10. The van der Waals surface area contributed by atoms with Gasteiger partial charge in [-0.15, -0.1) is 11.3 Å². The lowest BCUT2D eigenvalue weighted by Gasteiger charge is -1.95. The van der Waals surface area contributed by atoms with Gasteiger partial charge >= 0.3 is 0 Å². The first-order valence-corrected chi connectivity index (χ1v) is 7.89. The van der Waals surface area contributed by atoms with Crippen molar-refractivity contribution in [3.63, 3.8) is 0 Å². The Labute approximate surface area is 135 Å². The molecule has 0 saturated carbocycles. The van der Waals surface area contributed by atoms with Crippen LogP contribution in [-0.4, -0.2) is 19.9 Å². The van der Waals surface area contributed by atoms with Crippen molar-refractivity contribution in [2.45, 2.75) is 6.42 Å². The molecule has 0 saturated heterocycles. The largest absolute Gasteiger partial charge is 0.369 e. The van der Waals surface area contributed by atoms with Gasteiger partial charge in [-0.3, -0.25) is 9.78 Å². The van der Waals surface area contributed by atoms with Gasteiger partial charge in [0.2, 0.25) is 5.95 Å². The number of aromatic nitrogens is 4.